The lowest BCUT2D eigenvalue weighted by atomic mass is 10.2. The molecule has 1 N–H and O–H groups in total. The SMILES string of the molecule is CCNc1cc2ccc(Cl)cc2o1. The summed E-state index contributed by atoms with van der Waals surface area (Å²) in [4.78, 5) is 0. The van der Waals surface area contributed by atoms with Crippen molar-refractivity contribution in [3.05, 3.63) is 29.3 Å². The predicted octanol–water partition coefficient (Wildman–Crippen LogP) is 3.52. The smallest absolute Gasteiger partial charge is 0.194 e. The molecule has 0 radical (unpaired) electrons. The maximum Gasteiger partial charge on any atom is 0.194 e. The highest BCUT2D eigenvalue weighted by Gasteiger charge is 2.02. The second kappa shape index (κ2) is 3.30. The molecular formula is C10H10ClNO. The molecule has 0 atom stereocenters. The van der Waals surface area contributed by atoms with Gasteiger partial charge in [-0.15, -0.1) is 0 Å². The number of benzene rings is 1. The summed E-state index contributed by atoms with van der Waals surface area (Å²) in [6.45, 7) is 2.88. The van der Waals surface area contributed by atoms with E-state index in [0.717, 1.165) is 23.4 Å². The Balaban J connectivity index is 2.49. The van der Waals surface area contributed by atoms with Gasteiger partial charge in [0.15, 0.2) is 5.88 Å². The molecule has 0 unspecified atom stereocenters. The molecule has 0 bridgehead atoms. The summed E-state index contributed by atoms with van der Waals surface area (Å²) in [5.41, 5.74) is 0.823. The zero-order valence-corrected chi connectivity index (χ0v) is 8.06. The van der Waals surface area contributed by atoms with Crippen molar-refractivity contribution < 1.29 is 4.42 Å². The zero-order valence-electron chi connectivity index (χ0n) is 7.30. The summed E-state index contributed by atoms with van der Waals surface area (Å²) >= 11 is 5.82. The zero-order chi connectivity index (χ0) is 9.26. The Bertz CT molecular complexity index is 422. The van der Waals surface area contributed by atoms with E-state index in [0.29, 0.717) is 5.02 Å². The Labute approximate surface area is 81.5 Å². The van der Waals surface area contributed by atoms with Gasteiger partial charge in [0.2, 0.25) is 0 Å². The first-order valence-corrected chi connectivity index (χ1v) is 4.60. The predicted molar refractivity (Wildman–Crippen MR) is 55.4 cm³/mol. The average molecular weight is 196 g/mol. The van der Waals surface area contributed by atoms with Crippen molar-refractivity contribution in [2.45, 2.75) is 6.92 Å². The number of fused-ring (bicyclic) bond motifs is 1. The van der Waals surface area contributed by atoms with Crippen molar-refractivity contribution in [2.24, 2.45) is 0 Å². The van der Waals surface area contributed by atoms with Gasteiger partial charge in [-0.3, -0.25) is 0 Å². The fourth-order valence-corrected chi connectivity index (χ4v) is 1.43. The summed E-state index contributed by atoms with van der Waals surface area (Å²) < 4.78 is 5.49. The highest BCUT2D eigenvalue weighted by atomic mass is 35.5. The highest BCUT2D eigenvalue weighted by Crippen LogP contribution is 2.25. The van der Waals surface area contributed by atoms with Crippen LogP contribution in [0.25, 0.3) is 11.0 Å². The third-order valence-corrected chi connectivity index (χ3v) is 2.07. The first kappa shape index (κ1) is 8.45. The Hall–Kier alpha value is -1.15. The van der Waals surface area contributed by atoms with Gasteiger partial charge < -0.3 is 9.73 Å². The third-order valence-electron chi connectivity index (χ3n) is 1.83. The number of hydrogen-bond acceptors (Lipinski definition) is 2. The van der Waals surface area contributed by atoms with Crippen LogP contribution in [0.15, 0.2) is 28.7 Å². The number of halogens is 1. The molecule has 0 aliphatic heterocycles. The quantitative estimate of drug-likeness (QED) is 0.793. The van der Waals surface area contributed by atoms with Crippen LogP contribution in [0.1, 0.15) is 6.92 Å². The van der Waals surface area contributed by atoms with E-state index in [1.54, 1.807) is 0 Å². The average Bonchev–Trinajstić information content (AvgIpc) is 2.46. The first-order valence-electron chi connectivity index (χ1n) is 4.22. The molecule has 1 heterocycles. The van der Waals surface area contributed by atoms with Crippen LogP contribution >= 0.6 is 11.6 Å². The lowest BCUT2D eigenvalue weighted by Gasteiger charge is -1.93. The number of rotatable bonds is 2. The minimum atomic E-state index is 0.699. The number of nitrogens with one attached hydrogen (secondary N) is 1. The summed E-state index contributed by atoms with van der Waals surface area (Å²) in [7, 11) is 0. The lowest BCUT2D eigenvalue weighted by Crippen LogP contribution is -1.93. The van der Waals surface area contributed by atoms with Crippen molar-refractivity contribution in [1.82, 2.24) is 0 Å². The maximum atomic E-state index is 5.82. The normalized spacial score (nSPS) is 10.6. The van der Waals surface area contributed by atoms with Gasteiger partial charge in [0.1, 0.15) is 5.58 Å². The molecule has 1 aromatic heterocycles. The van der Waals surface area contributed by atoms with Gasteiger partial charge in [-0.25, -0.2) is 0 Å². The molecule has 2 rings (SSSR count). The number of furan rings is 1. The molecule has 2 nitrogen and oxygen atoms in total. The lowest BCUT2D eigenvalue weighted by molar-refractivity contribution is 0.628. The Morgan fingerprint density at radius 3 is 3.00 bits per heavy atom. The topological polar surface area (TPSA) is 25.2 Å². The molecule has 0 aliphatic carbocycles. The van der Waals surface area contributed by atoms with E-state index in [2.05, 4.69) is 5.32 Å². The van der Waals surface area contributed by atoms with Gasteiger partial charge in [-0.05, 0) is 19.1 Å². The van der Waals surface area contributed by atoms with Crippen LogP contribution in [0.3, 0.4) is 0 Å². The molecule has 0 aliphatic rings. The van der Waals surface area contributed by atoms with Crippen molar-refractivity contribution in [1.29, 1.82) is 0 Å². The van der Waals surface area contributed by atoms with E-state index in [4.69, 9.17) is 16.0 Å². The van der Waals surface area contributed by atoms with Crippen molar-refractivity contribution in [3.8, 4) is 0 Å². The molecule has 0 amide bonds. The van der Waals surface area contributed by atoms with E-state index in [9.17, 15) is 0 Å². The standard InChI is InChI=1S/C10H10ClNO/c1-2-12-10-5-7-3-4-8(11)6-9(7)13-10/h3-6,12H,2H2,1H3. The van der Waals surface area contributed by atoms with Gasteiger partial charge in [-0.2, -0.15) is 0 Å². The Kier molecular flexibility index (Phi) is 2.15. The molecule has 68 valence electrons. The molecule has 0 fully saturated rings. The summed E-state index contributed by atoms with van der Waals surface area (Å²) in [6, 6.07) is 7.59. The minimum Gasteiger partial charge on any atom is -0.441 e. The van der Waals surface area contributed by atoms with Crippen molar-refractivity contribution in [3.63, 3.8) is 0 Å². The molecule has 3 heteroatoms. The largest absolute Gasteiger partial charge is 0.441 e. The number of hydrogen-bond donors (Lipinski definition) is 1. The third kappa shape index (κ3) is 1.63. The molecule has 13 heavy (non-hydrogen) atoms. The molecule has 0 saturated carbocycles. The van der Waals surface area contributed by atoms with Gasteiger partial charge in [0.25, 0.3) is 0 Å². The maximum absolute atomic E-state index is 5.82. The Morgan fingerprint density at radius 2 is 2.23 bits per heavy atom. The van der Waals surface area contributed by atoms with E-state index in [-0.39, 0.29) is 0 Å². The van der Waals surface area contributed by atoms with Crippen LogP contribution in [-0.2, 0) is 0 Å². The van der Waals surface area contributed by atoms with E-state index >= 15 is 0 Å². The minimum absolute atomic E-state index is 0.699. The fourth-order valence-electron chi connectivity index (χ4n) is 1.27. The van der Waals surface area contributed by atoms with Gasteiger partial charge >= 0.3 is 0 Å². The second-order valence-electron chi connectivity index (χ2n) is 2.82. The number of anilines is 1. The van der Waals surface area contributed by atoms with E-state index in [1.807, 2.05) is 31.2 Å². The highest BCUT2D eigenvalue weighted by molar-refractivity contribution is 6.31. The van der Waals surface area contributed by atoms with Gasteiger partial charge in [0.05, 0.1) is 0 Å². The summed E-state index contributed by atoms with van der Waals surface area (Å²) in [5, 5.41) is 4.88. The van der Waals surface area contributed by atoms with Gasteiger partial charge in [0, 0.05) is 29.1 Å². The van der Waals surface area contributed by atoms with Crippen LogP contribution in [-0.4, -0.2) is 6.54 Å². The van der Waals surface area contributed by atoms with Crippen LogP contribution < -0.4 is 5.32 Å². The van der Waals surface area contributed by atoms with Gasteiger partial charge in [-0.1, -0.05) is 11.6 Å². The molecule has 2 aromatic rings. The molecular weight excluding hydrogens is 186 g/mol. The fraction of sp³-hybridized carbons (Fsp3) is 0.200. The first-order chi connectivity index (χ1) is 6.29. The second-order valence-corrected chi connectivity index (χ2v) is 3.26. The Morgan fingerprint density at radius 1 is 1.38 bits per heavy atom. The molecule has 0 saturated heterocycles. The molecule has 0 spiro atoms. The summed E-state index contributed by atoms with van der Waals surface area (Å²) in [5.74, 6) is 0.791. The van der Waals surface area contributed by atoms with Crippen molar-refractivity contribution in [2.75, 3.05) is 11.9 Å². The van der Waals surface area contributed by atoms with Crippen LogP contribution in [0, 0.1) is 0 Å². The monoisotopic (exact) mass is 195 g/mol. The van der Waals surface area contributed by atoms with Crippen molar-refractivity contribution >= 4 is 28.5 Å². The van der Waals surface area contributed by atoms with Crippen LogP contribution in [0.4, 0.5) is 5.88 Å². The summed E-state index contributed by atoms with van der Waals surface area (Å²) in [6.07, 6.45) is 0. The molecule has 1 aromatic carbocycles. The van der Waals surface area contributed by atoms with E-state index < -0.39 is 0 Å². The van der Waals surface area contributed by atoms with E-state index in [1.165, 1.54) is 0 Å². The van der Waals surface area contributed by atoms with Crippen LogP contribution in [0.2, 0.25) is 5.02 Å². The van der Waals surface area contributed by atoms with Crippen LogP contribution in [0.5, 0.6) is 0 Å².